The summed E-state index contributed by atoms with van der Waals surface area (Å²) in [6.07, 6.45) is 0. The van der Waals surface area contributed by atoms with Crippen molar-refractivity contribution in [3.8, 4) is 5.75 Å². The van der Waals surface area contributed by atoms with E-state index in [2.05, 4.69) is 15.9 Å². The third kappa shape index (κ3) is 1.87. The van der Waals surface area contributed by atoms with Crippen LogP contribution in [0.1, 0.15) is 0 Å². The summed E-state index contributed by atoms with van der Waals surface area (Å²) < 4.78 is 0.0216. The molecule has 0 saturated carbocycles. The molecule has 1 aromatic carbocycles. The average Bonchev–Trinajstić information content (AvgIpc) is 2.07. The summed E-state index contributed by atoms with van der Waals surface area (Å²) in [4.78, 5) is 9.72. The molecular weight excluding hydrogens is 285 g/mol. The number of benzene rings is 1. The summed E-state index contributed by atoms with van der Waals surface area (Å²) >= 11 is 13.9. The van der Waals surface area contributed by atoms with Crippen molar-refractivity contribution in [1.29, 1.82) is 0 Å². The Morgan fingerprint density at radius 2 is 2.08 bits per heavy atom. The smallest absolute Gasteiger partial charge is 0.290 e. The number of phenolic OH excluding ortho intramolecular Hbond substituents is 1. The van der Waals surface area contributed by atoms with Crippen molar-refractivity contribution in [2.45, 2.75) is 0 Å². The van der Waals surface area contributed by atoms with Gasteiger partial charge in [0.1, 0.15) is 10.8 Å². The summed E-state index contributed by atoms with van der Waals surface area (Å²) in [5, 5.41) is 19.3. The number of nitro benzene ring substituents is 1. The third-order valence-corrected chi connectivity index (χ3v) is 2.98. The molecule has 70 valence electrons. The van der Waals surface area contributed by atoms with Gasteiger partial charge in [-0.1, -0.05) is 23.2 Å². The molecule has 0 bridgehead atoms. The maximum Gasteiger partial charge on any atom is 0.290 e. The fraction of sp³-hybridized carbons (Fsp3) is 0. The topological polar surface area (TPSA) is 63.4 Å². The summed E-state index contributed by atoms with van der Waals surface area (Å²) in [5.41, 5.74) is -0.351. The quantitative estimate of drug-likeness (QED) is 0.489. The van der Waals surface area contributed by atoms with Crippen LogP contribution in [-0.4, -0.2) is 10.0 Å². The molecule has 0 heterocycles. The predicted molar refractivity (Wildman–Crippen MR) is 52.5 cm³/mol. The number of halogens is 3. The van der Waals surface area contributed by atoms with Gasteiger partial charge < -0.3 is 5.11 Å². The van der Waals surface area contributed by atoms with Crippen LogP contribution in [0, 0.1) is 10.1 Å². The van der Waals surface area contributed by atoms with Crippen LogP contribution in [-0.2, 0) is 0 Å². The first kappa shape index (κ1) is 10.6. The van der Waals surface area contributed by atoms with Gasteiger partial charge >= 0.3 is 0 Å². The molecule has 0 saturated heterocycles. The van der Waals surface area contributed by atoms with Crippen LogP contribution in [0.5, 0.6) is 5.75 Å². The van der Waals surface area contributed by atoms with Crippen molar-refractivity contribution in [2.24, 2.45) is 0 Å². The zero-order chi connectivity index (χ0) is 10.2. The van der Waals surface area contributed by atoms with Crippen LogP contribution in [0.3, 0.4) is 0 Å². The van der Waals surface area contributed by atoms with E-state index in [0.717, 1.165) is 6.07 Å². The maximum atomic E-state index is 10.4. The van der Waals surface area contributed by atoms with Crippen molar-refractivity contribution >= 4 is 44.8 Å². The number of hydrogen-bond acceptors (Lipinski definition) is 3. The molecule has 13 heavy (non-hydrogen) atoms. The van der Waals surface area contributed by atoms with Gasteiger partial charge in [-0.2, -0.15) is 0 Å². The van der Waals surface area contributed by atoms with Gasteiger partial charge in [0.2, 0.25) is 0 Å². The number of phenols is 1. The zero-order valence-electron chi connectivity index (χ0n) is 5.92. The Morgan fingerprint density at radius 1 is 1.54 bits per heavy atom. The maximum absolute atomic E-state index is 10.4. The largest absolute Gasteiger partial charge is 0.505 e. The Hall–Kier alpha value is -0.520. The molecule has 0 fully saturated rings. The second-order valence-corrected chi connectivity index (χ2v) is 3.69. The van der Waals surface area contributed by atoms with E-state index in [-0.39, 0.29) is 26.0 Å². The van der Waals surface area contributed by atoms with Gasteiger partial charge in [-0.3, -0.25) is 10.1 Å². The molecule has 1 rings (SSSR count). The standard InChI is InChI=1S/C6H2BrCl2NO3/c7-4-5(9)3(10(12)13)1-2(8)6(4)11/h1,11H. The zero-order valence-corrected chi connectivity index (χ0v) is 9.02. The second-order valence-electron chi connectivity index (χ2n) is 2.11. The Balaban J connectivity index is 3.50. The minimum Gasteiger partial charge on any atom is -0.505 e. The van der Waals surface area contributed by atoms with Gasteiger partial charge in [0, 0.05) is 6.07 Å². The van der Waals surface area contributed by atoms with Crippen molar-refractivity contribution in [1.82, 2.24) is 0 Å². The minimum atomic E-state index is -0.682. The van der Waals surface area contributed by atoms with E-state index in [9.17, 15) is 15.2 Å². The molecule has 0 aliphatic carbocycles. The molecule has 4 nitrogen and oxygen atoms in total. The van der Waals surface area contributed by atoms with Crippen molar-refractivity contribution in [3.63, 3.8) is 0 Å². The highest BCUT2D eigenvalue weighted by Crippen LogP contribution is 2.42. The van der Waals surface area contributed by atoms with E-state index in [1.165, 1.54) is 0 Å². The SMILES string of the molecule is O=[N+]([O-])c1cc(Cl)c(O)c(Br)c1Cl. The van der Waals surface area contributed by atoms with Gasteiger partial charge in [-0.15, -0.1) is 0 Å². The van der Waals surface area contributed by atoms with Crippen LogP contribution >= 0.6 is 39.1 Å². The number of aromatic hydroxyl groups is 1. The summed E-state index contributed by atoms with van der Waals surface area (Å²) in [6, 6.07) is 0.990. The van der Waals surface area contributed by atoms with Crippen LogP contribution < -0.4 is 0 Å². The molecule has 1 aromatic rings. The molecule has 0 spiro atoms. The lowest BCUT2D eigenvalue weighted by Crippen LogP contribution is -1.90. The lowest BCUT2D eigenvalue weighted by atomic mass is 10.3. The second kappa shape index (κ2) is 3.69. The Morgan fingerprint density at radius 3 is 2.54 bits per heavy atom. The normalized spacial score (nSPS) is 10.1. The van der Waals surface area contributed by atoms with Crippen LogP contribution in [0.15, 0.2) is 10.5 Å². The number of nitrogens with zero attached hydrogens (tertiary/aromatic N) is 1. The van der Waals surface area contributed by atoms with E-state index in [1.54, 1.807) is 0 Å². The average molecular weight is 287 g/mol. The molecule has 1 N–H and O–H groups in total. The summed E-state index contributed by atoms with van der Waals surface area (Å²) in [6.45, 7) is 0. The lowest BCUT2D eigenvalue weighted by Gasteiger charge is -2.02. The van der Waals surface area contributed by atoms with Gasteiger partial charge in [0.05, 0.1) is 14.4 Å². The molecule has 0 amide bonds. The van der Waals surface area contributed by atoms with Gasteiger partial charge in [0.15, 0.2) is 0 Å². The van der Waals surface area contributed by atoms with E-state index < -0.39 is 4.92 Å². The lowest BCUT2D eigenvalue weighted by molar-refractivity contribution is -0.384. The van der Waals surface area contributed by atoms with Crippen molar-refractivity contribution in [3.05, 3.63) is 30.7 Å². The first-order chi connectivity index (χ1) is 5.95. The summed E-state index contributed by atoms with van der Waals surface area (Å²) in [5.74, 6) is -0.308. The highest BCUT2D eigenvalue weighted by atomic mass is 79.9. The Kier molecular flexibility index (Phi) is 3.00. The summed E-state index contributed by atoms with van der Waals surface area (Å²) in [7, 11) is 0. The fourth-order valence-electron chi connectivity index (χ4n) is 0.706. The van der Waals surface area contributed by atoms with Crippen molar-refractivity contribution in [2.75, 3.05) is 0 Å². The van der Waals surface area contributed by atoms with E-state index in [0.29, 0.717) is 0 Å². The van der Waals surface area contributed by atoms with Crippen LogP contribution in [0.25, 0.3) is 0 Å². The molecule has 0 aromatic heterocycles. The Bertz CT molecular complexity index is 383. The molecule has 0 radical (unpaired) electrons. The molecule has 0 atom stereocenters. The van der Waals surface area contributed by atoms with Crippen LogP contribution in [0.2, 0.25) is 10.0 Å². The monoisotopic (exact) mass is 285 g/mol. The van der Waals surface area contributed by atoms with Crippen molar-refractivity contribution < 1.29 is 10.0 Å². The highest BCUT2D eigenvalue weighted by Gasteiger charge is 2.20. The first-order valence-electron chi connectivity index (χ1n) is 2.96. The third-order valence-electron chi connectivity index (χ3n) is 1.31. The molecule has 0 aliphatic rings. The van der Waals surface area contributed by atoms with E-state index in [1.807, 2.05) is 0 Å². The Labute approximate surface area is 91.4 Å². The molecule has 7 heteroatoms. The molecule has 0 aliphatic heterocycles. The predicted octanol–water partition coefficient (Wildman–Crippen LogP) is 3.37. The number of rotatable bonds is 1. The van der Waals surface area contributed by atoms with E-state index >= 15 is 0 Å². The van der Waals surface area contributed by atoms with E-state index in [4.69, 9.17) is 23.2 Å². The molecule has 0 unspecified atom stereocenters. The molecular formula is C6H2BrCl2NO3. The number of nitro groups is 1. The highest BCUT2D eigenvalue weighted by molar-refractivity contribution is 9.10. The first-order valence-corrected chi connectivity index (χ1v) is 4.51. The van der Waals surface area contributed by atoms with Crippen LogP contribution in [0.4, 0.5) is 5.69 Å². The van der Waals surface area contributed by atoms with Gasteiger partial charge in [-0.25, -0.2) is 0 Å². The van der Waals surface area contributed by atoms with Gasteiger partial charge in [-0.05, 0) is 15.9 Å². The fourth-order valence-corrected chi connectivity index (χ4v) is 1.65. The minimum absolute atomic E-state index is 0.0216. The van der Waals surface area contributed by atoms with Gasteiger partial charge in [0.25, 0.3) is 5.69 Å². The number of hydrogen-bond donors (Lipinski definition) is 1.